The second-order valence-corrected chi connectivity index (χ2v) is 5.89. The molecule has 0 heterocycles. The molecule has 1 amide bonds. The highest BCUT2D eigenvalue weighted by Gasteiger charge is 2.23. The lowest BCUT2D eigenvalue weighted by Crippen LogP contribution is -2.34. The second kappa shape index (κ2) is 7.34. The molecule has 0 spiro atoms. The minimum absolute atomic E-state index is 0.130. The zero-order chi connectivity index (χ0) is 15.2. The molecule has 1 aromatic carbocycles. The Balaban J connectivity index is 2.03. The first-order chi connectivity index (χ1) is 10.1. The summed E-state index contributed by atoms with van der Waals surface area (Å²) < 4.78 is 5.51. The van der Waals surface area contributed by atoms with E-state index in [9.17, 15) is 4.79 Å². The van der Waals surface area contributed by atoms with E-state index in [-0.39, 0.29) is 5.91 Å². The lowest BCUT2D eigenvalue weighted by molar-refractivity contribution is 0.0933. The van der Waals surface area contributed by atoms with Crippen LogP contribution in [0.2, 0.25) is 0 Å². The summed E-state index contributed by atoms with van der Waals surface area (Å²) >= 11 is 0. The molecule has 21 heavy (non-hydrogen) atoms. The van der Waals surface area contributed by atoms with Crippen LogP contribution in [0.25, 0.3) is 0 Å². The number of rotatable bonds is 5. The molecule has 0 bridgehead atoms. The molecule has 2 rings (SSSR count). The fourth-order valence-electron chi connectivity index (χ4n) is 3.08. The predicted octanol–water partition coefficient (Wildman–Crippen LogP) is 3.22. The maximum Gasteiger partial charge on any atom is 0.257 e. The fourth-order valence-corrected chi connectivity index (χ4v) is 3.08. The summed E-state index contributed by atoms with van der Waals surface area (Å²) in [5.74, 6) is 1.68. The molecular weight excluding hydrogens is 264 g/mol. The summed E-state index contributed by atoms with van der Waals surface area (Å²) in [6, 6.07) is 5.33. The number of hydrogen-bond acceptors (Lipinski definition) is 3. The van der Waals surface area contributed by atoms with Gasteiger partial charge in [-0.3, -0.25) is 4.79 Å². The normalized spacial score (nSPS) is 21.8. The SMILES string of the molecule is CCOc1cccc(N)c1C(=O)NCC1CCCCC1C. The highest BCUT2D eigenvalue weighted by atomic mass is 16.5. The number of carbonyl (C=O) groups excluding carboxylic acids is 1. The topological polar surface area (TPSA) is 64.3 Å². The average Bonchev–Trinajstić information content (AvgIpc) is 2.47. The zero-order valence-electron chi connectivity index (χ0n) is 13.0. The van der Waals surface area contributed by atoms with Gasteiger partial charge in [0.1, 0.15) is 11.3 Å². The van der Waals surface area contributed by atoms with Gasteiger partial charge >= 0.3 is 0 Å². The van der Waals surface area contributed by atoms with Crippen LogP contribution in [0, 0.1) is 11.8 Å². The van der Waals surface area contributed by atoms with Gasteiger partial charge in [0.2, 0.25) is 0 Å². The second-order valence-electron chi connectivity index (χ2n) is 5.89. The Morgan fingerprint density at radius 3 is 2.86 bits per heavy atom. The zero-order valence-corrected chi connectivity index (χ0v) is 13.0. The first-order valence-electron chi connectivity index (χ1n) is 7.93. The van der Waals surface area contributed by atoms with Crippen LogP contribution >= 0.6 is 0 Å². The Labute approximate surface area is 127 Å². The van der Waals surface area contributed by atoms with E-state index in [1.807, 2.05) is 6.92 Å². The largest absolute Gasteiger partial charge is 0.493 e. The molecule has 1 fully saturated rings. The van der Waals surface area contributed by atoms with E-state index in [4.69, 9.17) is 10.5 Å². The number of nitrogens with two attached hydrogens (primary N) is 1. The van der Waals surface area contributed by atoms with Crippen molar-refractivity contribution in [2.24, 2.45) is 11.8 Å². The minimum Gasteiger partial charge on any atom is -0.493 e. The van der Waals surface area contributed by atoms with Crippen molar-refractivity contribution in [2.45, 2.75) is 39.5 Å². The monoisotopic (exact) mass is 290 g/mol. The van der Waals surface area contributed by atoms with Crippen LogP contribution < -0.4 is 15.8 Å². The summed E-state index contributed by atoms with van der Waals surface area (Å²) in [7, 11) is 0. The van der Waals surface area contributed by atoms with E-state index in [0.717, 1.165) is 6.54 Å². The smallest absolute Gasteiger partial charge is 0.257 e. The molecule has 0 aliphatic heterocycles. The van der Waals surface area contributed by atoms with Gasteiger partial charge in [-0.15, -0.1) is 0 Å². The number of nitrogens with one attached hydrogen (secondary N) is 1. The number of ether oxygens (including phenoxy) is 1. The van der Waals surface area contributed by atoms with E-state index in [1.165, 1.54) is 25.7 Å². The molecule has 0 radical (unpaired) electrons. The van der Waals surface area contributed by atoms with Crippen molar-refractivity contribution < 1.29 is 9.53 Å². The number of carbonyl (C=O) groups is 1. The Hall–Kier alpha value is -1.71. The highest BCUT2D eigenvalue weighted by Crippen LogP contribution is 2.29. The van der Waals surface area contributed by atoms with Gasteiger partial charge in [-0.2, -0.15) is 0 Å². The van der Waals surface area contributed by atoms with E-state index in [1.54, 1.807) is 18.2 Å². The van der Waals surface area contributed by atoms with Gasteiger partial charge in [-0.25, -0.2) is 0 Å². The van der Waals surface area contributed by atoms with Crippen LogP contribution in [-0.2, 0) is 0 Å². The van der Waals surface area contributed by atoms with Gasteiger partial charge in [0, 0.05) is 12.2 Å². The minimum atomic E-state index is -0.130. The number of anilines is 1. The fraction of sp³-hybridized carbons (Fsp3) is 0.588. The van der Waals surface area contributed by atoms with Gasteiger partial charge < -0.3 is 15.8 Å². The highest BCUT2D eigenvalue weighted by molar-refractivity contribution is 6.01. The van der Waals surface area contributed by atoms with Crippen molar-refractivity contribution in [2.75, 3.05) is 18.9 Å². The van der Waals surface area contributed by atoms with Crippen molar-refractivity contribution in [3.8, 4) is 5.75 Å². The van der Waals surface area contributed by atoms with Crippen molar-refractivity contribution in [1.82, 2.24) is 5.32 Å². The van der Waals surface area contributed by atoms with Crippen molar-refractivity contribution in [3.05, 3.63) is 23.8 Å². The molecule has 1 saturated carbocycles. The summed E-state index contributed by atoms with van der Waals surface area (Å²) in [6.45, 7) is 5.41. The van der Waals surface area contributed by atoms with Crippen LogP contribution in [0.15, 0.2) is 18.2 Å². The van der Waals surface area contributed by atoms with Crippen LogP contribution in [0.4, 0.5) is 5.69 Å². The predicted molar refractivity (Wildman–Crippen MR) is 85.5 cm³/mol. The van der Waals surface area contributed by atoms with Gasteiger partial charge in [0.05, 0.1) is 6.61 Å². The summed E-state index contributed by atoms with van der Waals surface area (Å²) in [6.07, 6.45) is 5.04. The molecule has 116 valence electrons. The summed E-state index contributed by atoms with van der Waals surface area (Å²) in [5, 5.41) is 3.04. The van der Waals surface area contributed by atoms with E-state index in [2.05, 4.69) is 12.2 Å². The molecular formula is C17H26N2O2. The van der Waals surface area contributed by atoms with Crippen LogP contribution in [0.1, 0.15) is 49.9 Å². The van der Waals surface area contributed by atoms with Gasteiger partial charge in [0.25, 0.3) is 5.91 Å². The maximum absolute atomic E-state index is 12.4. The lowest BCUT2D eigenvalue weighted by Gasteiger charge is -2.28. The van der Waals surface area contributed by atoms with Gasteiger partial charge in [-0.05, 0) is 37.3 Å². The quantitative estimate of drug-likeness (QED) is 0.818. The van der Waals surface area contributed by atoms with E-state index < -0.39 is 0 Å². The number of amides is 1. The van der Waals surface area contributed by atoms with Crippen LogP contribution in [-0.4, -0.2) is 19.1 Å². The number of nitrogen functional groups attached to an aromatic ring is 1. The maximum atomic E-state index is 12.4. The van der Waals surface area contributed by atoms with Gasteiger partial charge in [-0.1, -0.05) is 32.3 Å². The molecule has 1 aliphatic rings. The molecule has 2 atom stereocenters. The average molecular weight is 290 g/mol. The molecule has 4 heteroatoms. The van der Waals surface area contributed by atoms with Crippen LogP contribution in [0.3, 0.4) is 0 Å². The Morgan fingerprint density at radius 1 is 1.38 bits per heavy atom. The van der Waals surface area contributed by atoms with Gasteiger partial charge in [0.15, 0.2) is 0 Å². The number of hydrogen-bond donors (Lipinski definition) is 2. The van der Waals surface area contributed by atoms with Crippen molar-refractivity contribution in [1.29, 1.82) is 0 Å². The third kappa shape index (κ3) is 3.90. The third-order valence-electron chi connectivity index (χ3n) is 4.40. The Bertz CT molecular complexity index is 488. The third-order valence-corrected chi connectivity index (χ3v) is 4.40. The van der Waals surface area contributed by atoms with Crippen molar-refractivity contribution in [3.63, 3.8) is 0 Å². The summed E-state index contributed by atoms with van der Waals surface area (Å²) in [4.78, 5) is 12.4. The van der Waals surface area contributed by atoms with Crippen LogP contribution in [0.5, 0.6) is 5.75 Å². The first kappa shape index (κ1) is 15.7. The van der Waals surface area contributed by atoms with E-state index >= 15 is 0 Å². The van der Waals surface area contributed by atoms with E-state index in [0.29, 0.717) is 35.4 Å². The van der Waals surface area contributed by atoms with Crippen molar-refractivity contribution >= 4 is 11.6 Å². The molecule has 4 nitrogen and oxygen atoms in total. The lowest BCUT2D eigenvalue weighted by atomic mass is 9.80. The molecule has 0 saturated heterocycles. The summed E-state index contributed by atoms with van der Waals surface area (Å²) in [5.41, 5.74) is 6.88. The molecule has 2 unspecified atom stereocenters. The molecule has 1 aromatic rings. The molecule has 1 aliphatic carbocycles. The first-order valence-corrected chi connectivity index (χ1v) is 7.93. The number of benzene rings is 1. The Kier molecular flexibility index (Phi) is 5.48. The molecule has 0 aromatic heterocycles. The molecule has 3 N–H and O–H groups in total. The Morgan fingerprint density at radius 2 is 2.14 bits per heavy atom. The standard InChI is InChI=1S/C17H26N2O2/c1-3-21-15-10-6-9-14(18)16(15)17(20)19-11-13-8-5-4-7-12(13)2/h6,9-10,12-13H,3-5,7-8,11,18H2,1-2H3,(H,19,20).